The van der Waals surface area contributed by atoms with Crippen LogP contribution in [-0.2, 0) is 26.2 Å². The molecule has 0 aliphatic carbocycles. The van der Waals surface area contributed by atoms with Crippen LogP contribution in [0.15, 0.2) is 77.7 Å². The number of aryl methyl sites for hydroxylation is 1. The average molecular weight is 577 g/mol. The van der Waals surface area contributed by atoms with Crippen molar-refractivity contribution in [3.8, 4) is 0 Å². The maximum atomic E-state index is 13.9. The van der Waals surface area contributed by atoms with E-state index in [2.05, 4.69) is 5.32 Å². The summed E-state index contributed by atoms with van der Waals surface area (Å²) in [6.45, 7) is 6.60. The van der Waals surface area contributed by atoms with E-state index in [4.69, 9.17) is 23.2 Å². The molecule has 202 valence electrons. The van der Waals surface area contributed by atoms with Crippen LogP contribution < -0.4 is 9.62 Å². The van der Waals surface area contributed by atoms with Crippen molar-refractivity contribution in [3.05, 3.63) is 94.0 Å². The normalized spacial score (nSPS) is 12.2. The fraction of sp³-hybridized carbons (Fsp3) is 0.286. The molecule has 3 aromatic rings. The zero-order valence-electron chi connectivity index (χ0n) is 21.7. The molecule has 0 aliphatic heterocycles. The van der Waals surface area contributed by atoms with Crippen molar-refractivity contribution < 1.29 is 18.0 Å². The van der Waals surface area contributed by atoms with Crippen LogP contribution >= 0.6 is 23.2 Å². The highest BCUT2D eigenvalue weighted by Gasteiger charge is 2.32. The molecular formula is C28H31Cl2N3O4S. The predicted molar refractivity (Wildman–Crippen MR) is 152 cm³/mol. The molecule has 0 spiro atoms. The fourth-order valence-electron chi connectivity index (χ4n) is 3.85. The van der Waals surface area contributed by atoms with Gasteiger partial charge in [0, 0.05) is 12.6 Å². The van der Waals surface area contributed by atoms with Crippen LogP contribution in [-0.4, -0.2) is 43.8 Å². The lowest BCUT2D eigenvalue weighted by Crippen LogP contribution is -2.52. The minimum absolute atomic E-state index is 0.0233. The van der Waals surface area contributed by atoms with Gasteiger partial charge >= 0.3 is 0 Å². The zero-order chi connectivity index (χ0) is 28.0. The van der Waals surface area contributed by atoms with E-state index in [-0.39, 0.29) is 23.4 Å². The van der Waals surface area contributed by atoms with Gasteiger partial charge in [-0.2, -0.15) is 0 Å². The van der Waals surface area contributed by atoms with Gasteiger partial charge in [-0.25, -0.2) is 8.42 Å². The smallest absolute Gasteiger partial charge is 0.264 e. The van der Waals surface area contributed by atoms with E-state index in [0.29, 0.717) is 21.3 Å². The first-order valence-corrected chi connectivity index (χ1v) is 14.3. The second-order valence-electron chi connectivity index (χ2n) is 9.27. The van der Waals surface area contributed by atoms with Gasteiger partial charge < -0.3 is 10.2 Å². The molecule has 1 atom stereocenters. The number of amides is 2. The number of nitrogens with zero attached hydrogens (tertiary/aromatic N) is 2. The minimum atomic E-state index is -4.10. The molecule has 0 heterocycles. The van der Waals surface area contributed by atoms with Crippen molar-refractivity contribution in [2.24, 2.45) is 0 Å². The van der Waals surface area contributed by atoms with Crippen LogP contribution in [0.25, 0.3) is 0 Å². The van der Waals surface area contributed by atoms with E-state index in [0.717, 1.165) is 9.87 Å². The molecule has 0 aliphatic rings. The van der Waals surface area contributed by atoms with Gasteiger partial charge in [-0.3, -0.25) is 13.9 Å². The zero-order valence-corrected chi connectivity index (χ0v) is 24.0. The topological polar surface area (TPSA) is 86.8 Å². The molecule has 0 aromatic heterocycles. The lowest BCUT2D eigenvalue weighted by Gasteiger charge is -2.32. The molecule has 0 bridgehead atoms. The van der Waals surface area contributed by atoms with Crippen LogP contribution in [0.2, 0.25) is 10.0 Å². The van der Waals surface area contributed by atoms with E-state index >= 15 is 0 Å². The Labute approximate surface area is 234 Å². The quantitative estimate of drug-likeness (QED) is 0.348. The number of anilines is 1. The first-order valence-electron chi connectivity index (χ1n) is 12.1. The monoisotopic (exact) mass is 575 g/mol. The number of benzene rings is 3. The minimum Gasteiger partial charge on any atom is -0.352 e. The maximum absolute atomic E-state index is 13.9. The van der Waals surface area contributed by atoms with Gasteiger partial charge in [0.05, 0.1) is 20.6 Å². The van der Waals surface area contributed by atoms with E-state index in [9.17, 15) is 18.0 Å². The summed E-state index contributed by atoms with van der Waals surface area (Å²) < 4.78 is 28.5. The number of carbonyl (C=O) groups excluding carboxylic acids is 2. The van der Waals surface area contributed by atoms with Gasteiger partial charge in [0.15, 0.2) is 0 Å². The largest absolute Gasteiger partial charge is 0.352 e. The highest BCUT2D eigenvalue weighted by atomic mass is 35.5. The molecule has 3 aromatic carbocycles. The van der Waals surface area contributed by atoms with Crippen LogP contribution in [0, 0.1) is 6.92 Å². The maximum Gasteiger partial charge on any atom is 0.264 e. The Hall–Kier alpha value is -3.07. The van der Waals surface area contributed by atoms with Crippen LogP contribution in [0.3, 0.4) is 0 Å². The number of hydrogen-bond donors (Lipinski definition) is 1. The summed E-state index contributed by atoms with van der Waals surface area (Å²) in [6, 6.07) is 18.7. The van der Waals surface area contributed by atoms with E-state index < -0.39 is 28.5 Å². The van der Waals surface area contributed by atoms with Crippen molar-refractivity contribution in [1.29, 1.82) is 0 Å². The van der Waals surface area contributed by atoms with Gasteiger partial charge in [-0.15, -0.1) is 0 Å². The number of carbonyl (C=O) groups is 2. The number of rotatable bonds is 10. The first kappa shape index (κ1) is 29.5. The van der Waals surface area contributed by atoms with E-state index in [1.807, 2.05) is 26.8 Å². The number of hydrogen-bond acceptors (Lipinski definition) is 4. The Morgan fingerprint density at radius 3 is 2.18 bits per heavy atom. The summed E-state index contributed by atoms with van der Waals surface area (Å²) in [5.41, 5.74) is 1.82. The van der Waals surface area contributed by atoms with Gasteiger partial charge in [-0.05, 0) is 75.2 Å². The van der Waals surface area contributed by atoms with Gasteiger partial charge in [0.2, 0.25) is 11.8 Å². The lowest BCUT2D eigenvalue weighted by atomic mass is 10.1. The van der Waals surface area contributed by atoms with Crippen molar-refractivity contribution in [3.63, 3.8) is 0 Å². The van der Waals surface area contributed by atoms with Crippen molar-refractivity contribution >= 4 is 50.7 Å². The molecule has 38 heavy (non-hydrogen) atoms. The molecule has 0 unspecified atom stereocenters. The Morgan fingerprint density at radius 1 is 0.895 bits per heavy atom. The van der Waals surface area contributed by atoms with Crippen LogP contribution in [0.4, 0.5) is 5.69 Å². The molecule has 1 N–H and O–H groups in total. The van der Waals surface area contributed by atoms with Crippen molar-refractivity contribution in [1.82, 2.24) is 10.2 Å². The second kappa shape index (κ2) is 12.7. The summed E-state index contributed by atoms with van der Waals surface area (Å²) in [7, 11) is -4.10. The first-order chi connectivity index (χ1) is 17.9. The third-order valence-corrected chi connectivity index (χ3v) is 8.36. The summed E-state index contributed by atoms with van der Waals surface area (Å²) in [5.74, 6) is -0.912. The highest BCUT2D eigenvalue weighted by molar-refractivity contribution is 7.92. The average Bonchev–Trinajstić information content (AvgIpc) is 2.87. The lowest BCUT2D eigenvalue weighted by molar-refractivity contribution is -0.139. The number of halogens is 2. The molecule has 0 fully saturated rings. The number of nitrogens with one attached hydrogen (secondary N) is 1. The summed E-state index contributed by atoms with van der Waals surface area (Å²) >= 11 is 12.3. The molecule has 10 heteroatoms. The third kappa shape index (κ3) is 7.28. The highest BCUT2D eigenvalue weighted by Crippen LogP contribution is 2.26. The van der Waals surface area contributed by atoms with Crippen LogP contribution in [0.5, 0.6) is 0 Å². The second-order valence-corrected chi connectivity index (χ2v) is 11.9. The van der Waals surface area contributed by atoms with E-state index in [1.165, 1.54) is 17.0 Å². The molecule has 0 saturated heterocycles. The van der Waals surface area contributed by atoms with Gasteiger partial charge in [0.1, 0.15) is 12.6 Å². The Bertz CT molecular complexity index is 1400. The Morgan fingerprint density at radius 2 is 1.58 bits per heavy atom. The molecular weight excluding hydrogens is 545 g/mol. The fourth-order valence-corrected chi connectivity index (χ4v) is 5.60. The summed E-state index contributed by atoms with van der Waals surface area (Å²) in [5, 5.41) is 3.49. The molecule has 7 nitrogen and oxygen atoms in total. The summed E-state index contributed by atoms with van der Waals surface area (Å²) in [4.78, 5) is 28.2. The van der Waals surface area contributed by atoms with Gasteiger partial charge in [-0.1, -0.05) is 59.6 Å². The predicted octanol–water partition coefficient (Wildman–Crippen LogP) is 5.44. The third-order valence-electron chi connectivity index (χ3n) is 5.83. The summed E-state index contributed by atoms with van der Waals surface area (Å²) in [6.07, 6.45) is 0. The molecule has 2 amide bonds. The standard InChI is InChI=1S/C28H31Cl2N3O4S/c1-19(2)31-28(35)21(4)32(17-22-13-14-25(29)26(30)16-22)27(34)18-33(23-10-8-9-20(3)15-23)38(36,37)24-11-6-5-7-12-24/h5-16,19,21H,17-18H2,1-4H3,(H,31,35)/t21-/m0/s1. The van der Waals surface area contributed by atoms with Gasteiger partial charge in [0.25, 0.3) is 10.0 Å². The van der Waals surface area contributed by atoms with Crippen molar-refractivity contribution in [2.75, 3.05) is 10.8 Å². The Kier molecular flexibility index (Phi) is 9.82. The SMILES string of the molecule is Cc1cccc(N(CC(=O)N(Cc2ccc(Cl)c(Cl)c2)[C@@H](C)C(=O)NC(C)C)S(=O)(=O)c2ccccc2)c1. The van der Waals surface area contributed by atoms with Crippen LogP contribution in [0.1, 0.15) is 31.9 Å². The molecule has 0 saturated carbocycles. The Balaban J connectivity index is 2.03. The van der Waals surface area contributed by atoms with E-state index in [1.54, 1.807) is 61.5 Å². The number of sulfonamides is 1. The van der Waals surface area contributed by atoms with Crippen molar-refractivity contribution in [2.45, 2.75) is 51.2 Å². The molecule has 0 radical (unpaired) electrons. The molecule has 3 rings (SSSR count).